The Kier molecular flexibility index (Phi) is 5.81. The van der Waals surface area contributed by atoms with E-state index in [-0.39, 0.29) is 12.5 Å². The molecule has 0 fully saturated rings. The van der Waals surface area contributed by atoms with Gasteiger partial charge in [-0.2, -0.15) is 5.10 Å². The quantitative estimate of drug-likeness (QED) is 0.415. The number of benzene rings is 2. The highest BCUT2D eigenvalue weighted by Gasteiger charge is 2.22. The summed E-state index contributed by atoms with van der Waals surface area (Å²) in [6.45, 7) is 3.65. The number of halogens is 1. The molecule has 1 amide bonds. The number of aromatic nitrogens is 3. The molecule has 0 atom stereocenters. The standard InChI is InChI=1S/C25H23ClN4OS/c1-17-27-21-10-12-29(13-11-24(21)32-17)25(31)16-30-23(18-6-3-2-4-7-18)15-22(28-30)19-8-5-9-20(26)14-19/h2-9,14-15H,10-13,16H2,1H3. The number of nitrogens with zero attached hydrogens (tertiary/aromatic N) is 4. The fraction of sp³-hybridized carbons (Fsp3) is 0.240. The van der Waals surface area contributed by atoms with Crippen LogP contribution in [0.25, 0.3) is 22.5 Å². The van der Waals surface area contributed by atoms with Gasteiger partial charge in [-0.15, -0.1) is 11.3 Å². The third kappa shape index (κ3) is 4.33. The first kappa shape index (κ1) is 20.9. The monoisotopic (exact) mass is 462 g/mol. The van der Waals surface area contributed by atoms with Crippen molar-refractivity contribution in [1.82, 2.24) is 19.7 Å². The van der Waals surface area contributed by atoms with E-state index in [9.17, 15) is 4.79 Å². The molecule has 1 aliphatic rings. The van der Waals surface area contributed by atoms with Gasteiger partial charge in [0.15, 0.2) is 0 Å². The molecule has 0 saturated carbocycles. The number of aryl methyl sites for hydroxylation is 1. The maximum absolute atomic E-state index is 13.3. The molecular weight excluding hydrogens is 440 g/mol. The molecular formula is C25H23ClN4OS. The molecule has 0 radical (unpaired) electrons. The minimum atomic E-state index is 0.0785. The highest BCUT2D eigenvalue weighted by Crippen LogP contribution is 2.28. The first-order valence-electron chi connectivity index (χ1n) is 10.7. The molecule has 0 unspecified atom stereocenters. The Morgan fingerprint density at radius 2 is 1.81 bits per heavy atom. The zero-order chi connectivity index (χ0) is 22.1. The van der Waals surface area contributed by atoms with Gasteiger partial charge in [0.05, 0.1) is 22.1 Å². The van der Waals surface area contributed by atoms with Crippen molar-refractivity contribution < 1.29 is 4.79 Å². The van der Waals surface area contributed by atoms with Gasteiger partial charge in [-0.1, -0.05) is 54.1 Å². The van der Waals surface area contributed by atoms with Crippen LogP contribution in [0.15, 0.2) is 60.7 Å². The summed E-state index contributed by atoms with van der Waals surface area (Å²) in [7, 11) is 0. The second-order valence-corrected chi connectivity index (χ2v) is 9.66. The Balaban J connectivity index is 1.42. The number of rotatable bonds is 4. The average molecular weight is 463 g/mol. The van der Waals surface area contributed by atoms with Crippen LogP contribution < -0.4 is 0 Å². The molecule has 2 aromatic carbocycles. The zero-order valence-corrected chi connectivity index (χ0v) is 19.4. The van der Waals surface area contributed by atoms with Crippen molar-refractivity contribution in [2.75, 3.05) is 13.1 Å². The molecule has 5 nitrogen and oxygen atoms in total. The fourth-order valence-corrected chi connectivity index (χ4v) is 5.30. The predicted octanol–water partition coefficient (Wildman–Crippen LogP) is 5.26. The van der Waals surface area contributed by atoms with E-state index in [0.717, 1.165) is 52.6 Å². The van der Waals surface area contributed by atoms with Crippen molar-refractivity contribution in [3.63, 3.8) is 0 Å². The molecule has 1 aliphatic heterocycles. The van der Waals surface area contributed by atoms with Crippen LogP contribution in [-0.4, -0.2) is 38.7 Å². The Hall–Kier alpha value is -2.96. The molecule has 5 rings (SSSR count). The van der Waals surface area contributed by atoms with Crippen molar-refractivity contribution in [3.8, 4) is 22.5 Å². The van der Waals surface area contributed by atoms with E-state index in [4.69, 9.17) is 16.7 Å². The highest BCUT2D eigenvalue weighted by atomic mass is 35.5. The van der Waals surface area contributed by atoms with Gasteiger partial charge in [-0.25, -0.2) is 4.98 Å². The van der Waals surface area contributed by atoms with E-state index in [0.29, 0.717) is 11.6 Å². The number of hydrogen-bond acceptors (Lipinski definition) is 4. The van der Waals surface area contributed by atoms with Gasteiger partial charge in [-0.05, 0) is 30.7 Å². The lowest BCUT2D eigenvalue weighted by Crippen LogP contribution is -2.36. The molecule has 0 spiro atoms. The minimum Gasteiger partial charge on any atom is -0.340 e. The Labute approximate surface area is 196 Å². The Morgan fingerprint density at radius 3 is 2.62 bits per heavy atom. The summed E-state index contributed by atoms with van der Waals surface area (Å²) in [5.74, 6) is 0.0785. The summed E-state index contributed by atoms with van der Waals surface area (Å²) < 4.78 is 1.82. The Bertz CT molecular complexity index is 1240. The van der Waals surface area contributed by atoms with Crippen LogP contribution in [0, 0.1) is 6.92 Å². The number of carbonyl (C=O) groups excluding carboxylic acids is 1. The number of thiazole rings is 1. The average Bonchev–Trinajstić information content (AvgIpc) is 3.31. The van der Waals surface area contributed by atoms with E-state index >= 15 is 0 Å². The lowest BCUT2D eigenvalue weighted by Gasteiger charge is -2.20. The summed E-state index contributed by atoms with van der Waals surface area (Å²) in [5.41, 5.74) is 4.83. The first-order chi connectivity index (χ1) is 15.6. The summed E-state index contributed by atoms with van der Waals surface area (Å²) in [6.07, 6.45) is 1.68. The molecule has 3 heterocycles. The van der Waals surface area contributed by atoms with E-state index in [1.807, 2.05) is 77.2 Å². The number of fused-ring (bicyclic) bond motifs is 1. The van der Waals surface area contributed by atoms with Crippen molar-refractivity contribution in [2.45, 2.75) is 26.3 Å². The summed E-state index contributed by atoms with van der Waals surface area (Å²) in [4.78, 5) is 21.2. The van der Waals surface area contributed by atoms with E-state index in [1.54, 1.807) is 11.3 Å². The predicted molar refractivity (Wildman–Crippen MR) is 129 cm³/mol. The third-order valence-electron chi connectivity index (χ3n) is 5.72. The van der Waals surface area contributed by atoms with Crippen molar-refractivity contribution >= 4 is 28.8 Å². The molecule has 7 heteroatoms. The van der Waals surface area contributed by atoms with Crippen LogP contribution in [0.4, 0.5) is 0 Å². The van der Waals surface area contributed by atoms with Crippen molar-refractivity contribution in [3.05, 3.63) is 81.3 Å². The van der Waals surface area contributed by atoms with Crippen molar-refractivity contribution in [1.29, 1.82) is 0 Å². The molecule has 4 aromatic rings. The molecule has 0 saturated heterocycles. The van der Waals surface area contributed by atoms with Crippen LogP contribution in [0.2, 0.25) is 5.02 Å². The number of hydrogen-bond donors (Lipinski definition) is 0. The smallest absolute Gasteiger partial charge is 0.244 e. The van der Waals surface area contributed by atoms with Gasteiger partial charge in [0.25, 0.3) is 0 Å². The van der Waals surface area contributed by atoms with Gasteiger partial charge in [0, 0.05) is 41.4 Å². The summed E-state index contributed by atoms with van der Waals surface area (Å²) in [6, 6.07) is 19.7. The van der Waals surface area contributed by atoms with Crippen LogP contribution in [0.5, 0.6) is 0 Å². The van der Waals surface area contributed by atoms with E-state index in [1.165, 1.54) is 4.88 Å². The van der Waals surface area contributed by atoms with E-state index in [2.05, 4.69) is 4.98 Å². The lowest BCUT2D eigenvalue weighted by molar-refractivity contribution is -0.131. The normalized spacial score (nSPS) is 13.6. The van der Waals surface area contributed by atoms with Gasteiger partial charge in [0.1, 0.15) is 6.54 Å². The SMILES string of the molecule is Cc1nc2c(s1)CCN(C(=O)Cn1nc(-c3cccc(Cl)c3)cc1-c1ccccc1)CC2. The minimum absolute atomic E-state index is 0.0785. The molecule has 32 heavy (non-hydrogen) atoms. The first-order valence-corrected chi connectivity index (χ1v) is 11.9. The molecule has 0 aliphatic carbocycles. The second-order valence-electron chi connectivity index (χ2n) is 7.93. The van der Waals surface area contributed by atoms with Crippen LogP contribution in [-0.2, 0) is 24.2 Å². The van der Waals surface area contributed by atoms with Crippen molar-refractivity contribution in [2.24, 2.45) is 0 Å². The molecule has 162 valence electrons. The van der Waals surface area contributed by atoms with Gasteiger partial charge < -0.3 is 4.90 Å². The lowest BCUT2D eigenvalue weighted by atomic mass is 10.1. The zero-order valence-electron chi connectivity index (χ0n) is 17.8. The highest BCUT2D eigenvalue weighted by molar-refractivity contribution is 7.11. The number of carbonyl (C=O) groups is 1. The summed E-state index contributed by atoms with van der Waals surface area (Å²) >= 11 is 7.94. The van der Waals surface area contributed by atoms with Crippen LogP contribution in [0.1, 0.15) is 15.6 Å². The van der Waals surface area contributed by atoms with Gasteiger partial charge >= 0.3 is 0 Å². The maximum atomic E-state index is 13.3. The van der Waals surface area contributed by atoms with Crippen LogP contribution in [0.3, 0.4) is 0 Å². The Morgan fingerprint density at radius 1 is 1.03 bits per heavy atom. The van der Waals surface area contributed by atoms with E-state index < -0.39 is 0 Å². The largest absolute Gasteiger partial charge is 0.340 e. The second kappa shape index (κ2) is 8.88. The summed E-state index contributed by atoms with van der Waals surface area (Å²) in [5, 5.41) is 6.56. The fourth-order valence-electron chi connectivity index (χ4n) is 4.14. The van der Waals surface area contributed by atoms with Gasteiger partial charge in [0.2, 0.25) is 5.91 Å². The topological polar surface area (TPSA) is 51.0 Å². The molecule has 0 N–H and O–H groups in total. The maximum Gasteiger partial charge on any atom is 0.244 e. The van der Waals surface area contributed by atoms with Gasteiger partial charge in [-0.3, -0.25) is 9.48 Å². The molecule has 0 bridgehead atoms. The third-order valence-corrected chi connectivity index (χ3v) is 7.03. The van der Waals surface area contributed by atoms with Crippen LogP contribution >= 0.6 is 22.9 Å². The number of amides is 1. The molecule has 2 aromatic heterocycles.